The number of thiol groups is 1. The van der Waals surface area contributed by atoms with Crippen molar-refractivity contribution in [1.82, 2.24) is 5.32 Å². The molecule has 0 saturated carbocycles. The molecule has 0 aromatic heterocycles. The number of carboxylic acid groups (broad SMARTS) is 1. The number of rotatable bonds is 15. The van der Waals surface area contributed by atoms with Crippen LogP contribution in [0.1, 0.15) is 57.9 Å². The summed E-state index contributed by atoms with van der Waals surface area (Å²) in [6, 6.07) is 5.44. The fraction of sp³-hybridized carbons (Fsp3) is 0.625. The number of fused-ring (bicyclic) bond motifs is 1. The zero-order chi connectivity index (χ0) is 23.8. The first-order valence-electron chi connectivity index (χ1n) is 11.4. The molecular formula is C24H39NO5S2. The van der Waals surface area contributed by atoms with E-state index >= 15 is 0 Å². The quantitative estimate of drug-likeness (QED) is 0.191. The Bertz CT molecular complexity index is 714. The molecule has 1 aromatic rings. The van der Waals surface area contributed by atoms with Crippen LogP contribution in [0, 0.1) is 0 Å². The minimum Gasteiger partial charge on any atom is -0.480 e. The van der Waals surface area contributed by atoms with Crippen LogP contribution in [0.25, 0.3) is 0 Å². The van der Waals surface area contributed by atoms with Crippen LogP contribution in [-0.2, 0) is 22.0 Å². The van der Waals surface area contributed by atoms with Crippen LogP contribution in [0.3, 0.4) is 0 Å². The number of nitrogens with one attached hydrogen (secondary N) is 1. The van der Waals surface area contributed by atoms with Gasteiger partial charge in [-0.1, -0.05) is 58.1 Å². The largest absolute Gasteiger partial charge is 0.480 e. The summed E-state index contributed by atoms with van der Waals surface area (Å²) in [5.74, 6) is 1.87. The van der Waals surface area contributed by atoms with Gasteiger partial charge in [-0.15, -0.1) is 6.58 Å². The van der Waals surface area contributed by atoms with Crippen molar-refractivity contribution in [3.63, 3.8) is 0 Å². The third kappa shape index (κ3) is 11.4. The molecule has 8 heteroatoms. The van der Waals surface area contributed by atoms with Gasteiger partial charge < -0.3 is 19.9 Å². The van der Waals surface area contributed by atoms with Gasteiger partial charge in [-0.05, 0) is 30.5 Å². The molecule has 0 radical (unpaired) electrons. The third-order valence-electron chi connectivity index (χ3n) is 5.10. The molecule has 1 heterocycles. The summed E-state index contributed by atoms with van der Waals surface area (Å²) in [5.41, 5.74) is 1.17. The fourth-order valence-corrected chi connectivity index (χ4v) is 4.73. The second-order valence-corrected chi connectivity index (χ2v) is 10.2. The van der Waals surface area contributed by atoms with Gasteiger partial charge in [0.05, 0.1) is 0 Å². The number of benzene rings is 1. The summed E-state index contributed by atoms with van der Waals surface area (Å²) in [6.45, 7) is 8.56. The highest BCUT2D eigenvalue weighted by atomic mass is 32.2. The highest BCUT2D eigenvalue weighted by molar-refractivity contribution is 7.85. The number of carbonyl (C=O) groups is 1. The van der Waals surface area contributed by atoms with Crippen LogP contribution >= 0.6 is 12.6 Å². The number of ether oxygens (including phenoxy) is 2. The Labute approximate surface area is 201 Å². The molecule has 1 aliphatic heterocycles. The van der Waals surface area contributed by atoms with E-state index in [1.807, 2.05) is 18.2 Å². The Morgan fingerprint density at radius 1 is 1.25 bits per heavy atom. The number of hydrogen-bond acceptors (Lipinski definition) is 6. The monoisotopic (exact) mass is 485 g/mol. The minimum absolute atomic E-state index is 0.191. The Morgan fingerprint density at radius 3 is 2.59 bits per heavy atom. The molecule has 32 heavy (non-hydrogen) atoms. The average Bonchev–Trinajstić information content (AvgIpc) is 3.24. The van der Waals surface area contributed by atoms with Crippen molar-refractivity contribution in [1.29, 1.82) is 0 Å². The van der Waals surface area contributed by atoms with Crippen molar-refractivity contribution in [2.24, 2.45) is 0 Å². The van der Waals surface area contributed by atoms with Gasteiger partial charge in [-0.2, -0.15) is 12.6 Å². The van der Waals surface area contributed by atoms with Gasteiger partial charge in [0.2, 0.25) is 6.79 Å². The lowest BCUT2D eigenvalue weighted by Gasteiger charge is -2.12. The SMILES string of the molecule is C=CCN[C@@H](CS)C(=O)O.CCCCCCCCS(=O)C(C)Cc1ccc2c(c1)OCO2. The Hall–Kier alpha value is -1.51. The van der Waals surface area contributed by atoms with E-state index in [-0.39, 0.29) is 5.25 Å². The Kier molecular flexibility index (Phi) is 15.2. The maximum absolute atomic E-state index is 12.3. The van der Waals surface area contributed by atoms with Crippen LogP contribution in [0.15, 0.2) is 30.9 Å². The van der Waals surface area contributed by atoms with Gasteiger partial charge >= 0.3 is 5.97 Å². The Balaban J connectivity index is 0.000000433. The van der Waals surface area contributed by atoms with Gasteiger partial charge in [0, 0.05) is 34.1 Å². The van der Waals surface area contributed by atoms with Crippen molar-refractivity contribution in [3.8, 4) is 11.5 Å². The van der Waals surface area contributed by atoms with E-state index in [4.69, 9.17) is 14.6 Å². The van der Waals surface area contributed by atoms with Gasteiger partial charge in [0.15, 0.2) is 11.5 Å². The molecule has 0 fully saturated rings. The molecule has 2 unspecified atom stereocenters. The van der Waals surface area contributed by atoms with Crippen molar-refractivity contribution < 1.29 is 23.6 Å². The molecule has 0 amide bonds. The topological polar surface area (TPSA) is 84.9 Å². The molecule has 2 N–H and O–H groups in total. The highest BCUT2D eigenvalue weighted by Crippen LogP contribution is 2.33. The van der Waals surface area contributed by atoms with Crippen LogP contribution in [-0.4, -0.2) is 51.4 Å². The van der Waals surface area contributed by atoms with Crippen molar-refractivity contribution in [2.45, 2.75) is 70.1 Å². The van der Waals surface area contributed by atoms with E-state index in [0.717, 1.165) is 30.1 Å². The summed E-state index contributed by atoms with van der Waals surface area (Å²) < 4.78 is 23.0. The standard InChI is InChI=1S/C18H28O3S.C6H11NO2S/c1-3-4-5-6-7-8-11-22(19)15(2)12-16-9-10-17-18(13-16)21-14-20-17;1-2-3-7-5(4-10)6(8)9/h9-10,13,15H,3-8,11-12,14H2,1-2H3;2,5,7,10H,1,3-4H2,(H,8,9)/t;5-/m.0/s1. The van der Waals surface area contributed by atoms with E-state index in [1.54, 1.807) is 6.08 Å². The normalized spacial score (nSPS) is 14.7. The molecule has 1 aromatic carbocycles. The number of aliphatic carboxylic acids is 1. The molecule has 2 rings (SSSR count). The lowest BCUT2D eigenvalue weighted by atomic mass is 10.1. The molecule has 1 aliphatic rings. The molecule has 182 valence electrons. The van der Waals surface area contributed by atoms with E-state index in [0.29, 0.717) is 19.1 Å². The predicted octanol–water partition coefficient (Wildman–Crippen LogP) is 4.60. The first-order valence-corrected chi connectivity index (χ1v) is 13.4. The van der Waals surface area contributed by atoms with E-state index < -0.39 is 22.8 Å². The van der Waals surface area contributed by atoms with Gasteiger partial charge in [0.1, 0.15) is 6.04 Å². The van der Waals surface area contributed by atoms with Crippen LogP contribution in [0.2, 0.25) is 0 Å². The number of carboxylic acids is 1. The zero-order valence-electron chi connectivity index (χ0n) is 19.4. The average molecular weight is 486 g/mol. The molecule has 0 aliphatic carbocycles. The first-order chi connectivity index (χ1) is 15.4. The molecule has 3 atom stereocenters. The highest BCUT2D eigenvalue weighted by Gasteiger charge is 2.16. The van der Waals surface area contributed by atoms with Crippen molar-refractivity contribution in [2.75, 3.05) is 24.8 Å². The fourth-order valence-electron chi connectivity index (χ4n) is 3.17. The zero-order valence-corrected chi connectivity index (χ0v) is 21.1. The van der Waals surface area contributed by atoms with E-state index in [1.165, 1.54) is 37.7 Å². The van der Waals surface area contributed by atoms with Gasteiger partial charge in [0.25, 0.3) is 0 Å². The van der Waals surface area contributed by atoms with E-state index in [9.17, 15) is 9.00 Å². The van der Waals surface area contributed by atoms with Gasteiger partial charge in [-0.25, -0.2) is 0 Å². The van der Waals surface area contributed by atoms with Crippen molar-refractivity contribution in [3.05, 3.63) is 36.4 Å². The number of unbranched alkanes of at least 4 members (excludes halogenated alkanes) is 5. The summed E-state index contributed by atoms with van der Waals surface area (Å²) in [5, 5.41) is 11.4. The van der Waals surface area contributed by atoms with Gasteiger partial charge in [-0.3, -0.25) is 9.00 Å². The summed E-state index contributed by atoms with van der Waals surface area (Å²) in [6.07, 6.45) is 9.93. The molecule has 0 spiro atoms. The Morgan fingerprint density at radius 2 is 1.94 bits per heavy atom. The van der Waals surface area contributed by atoms with E-state index in [2.05, 4.69) is 38.4 Å². The molecular weight excluding hydrogens is 446 g/mol. The van der Waals surface area contributed by atoms with Crippen LogP contribution < -0.4 is 14.8 Å². The summed E-state index contributed by atoms with van der Waals surface area (Å²) >= 11 is 3.85. The lowest BCUT2D eigenvalue weighted by molar-refractivity contribution is -0.138. The smallest absolute Gasteiger partial charge is 0.321 e. The summed E-state index contributed by atoms with van der Waals surface area (Å²) in [4.78, 5) is 10.3. The molecule has 6 nitrogen and oxygen atoms in total. The summed E-state index contributed by atoms with van der Waals surface area (Å²) in [7, 11) is -0.743. The van der Waals surface area contributed by atoms with Crippen molar-refractivity contribution >= 4 is 29.4 Å². The number of hydrogen-bond donors (Lipinski definition) is 3. The molecule has 0 bridgehead atoms. The lowest BCUT2D eigenvalue weighted by Crippen LogP contribution is -2.38. The second kappa shape index (κ2) is 17.0. The second-order valence-electron chi connectivity index (χ2n) is 7.83. The third-order valence-corrected chi connectivity index (χ3v) is 7.22. The molecule has 0 saturated heterocycles. The minimum atomic E-state index is -0.878. The maximum Gasteiger partial charge on any atom is 0.321 e. The predicted molar refractivity (Wildman–Crippen MR) is 136 cm³/mol. The van der Waals surface area contributed by atoms with Crippen LogP contribution in [0.5, 0.6) is 11.5 Å². The first kappa shape index (κ1) is 28.5. The maximum atomic E-state index is 12.3. The van der Waals surface area contributed by atoms with Crippen LogP contribution in [0.4, 0.5) is 0 Å².